The average Bonchev–Trinajstić information content (AvgIpc) is 2.76. The second kappa shape index (κ2) is 12.5. The number of benzene rings is 1. The van der Waals surface area contributed by atoms with Gasteiger partial charge in [-0.25, -0.2) is 0 Å². The molecule has 2 fully saturated rings. The highest BCUT2D eigenvalue weighted by Crippen LogP contribution is 2.21. The van der Waals surface area contributed by atoms with Gasteiger partial charge in [-0.15, -0.1) is 24.0 Å². The van der Waals surface area contributed by atoms with E-state index in [4.69, 9.17) is 4.74 Å². The highest BCUT2D eigenvalue weighted by Gasteiger charge is 2.27. The zero-order valence-electron chi connectivity index (χ0n) is 17.4. The molecular weight excluding hydrogens is 499 g/mol. The molecule has 1 aromatic carbocycles. The second-order valence-electron chi connectivity index (χ2n) is 7.18. The number of nitrogens with one attached hydrogen (secondary N) is 1. The number of esters is 1. The van der Waals surface area contributed by atoms with Crippen molar-refractivity contribution >= 4 is 53.4 Å². The monoisotopic (exact) mass is 532 g/mol. The fourth-order valence-electron chi connectivity index (χ4n) is 3.75. The molecule has 6 nitrogen and oxygen atoms in total. The van der Waals surface area contributed by atoms with Crippen LogP contribution in [0.2, 0.25) is 0 Å². The lowest BCUT2D eigenvalue weighted by molar-refractivity contribution is -0.149. The third-order valence-electron chi connectivity index (χ3n) is 5.39. The predicted molar refractivity (Wildman–Crippen MR) is 133 cm³/mol. The first-order valence-electron chi connectivity index (χ1n) is 10.2. The highest BCUT2D eigenvalue weighted by atomic mass is 127. The van der Waals surface area contributed by atoms with Crippen molar-refractivity contribution in [2.45, 2.75) is 26.3 Å². The Bertz CT molecular complexity index is 657. The molecule has 162 valence electrons. The van der Waals surface area contributed by atoms with E-state index in [0.717, 1.165) is 51.5 Å². The Morgan fingerprint density at radius 2 is 1.83 bits per heavy atom. The van der Waals surface area contributed by atoms with Crippen LogP contribution < -0.4 is 10.2 Å². The molecular formula is C21H33IN4O2S. The molecule has 2 saturated heterocycles. The number of carbonyl (C=O) groups excluding carboxylic acids is 1. The lowest BCUT2D eigenvalue weighted by atomic mass is 9.97. The van der Waals surface area contributed by atoms with Gasteiger partial charge in [0.1, 0.15) is 0 Å². The van der Waals surface area contributed by atoms with Crippen molar-refractivity contribution in [1.82, 2.24) is 10.2 Å². The number of hydrogen-bond acceptors (Lipinski definition) is 5. The number of nitrogens with zero attached hydrogens (tertiary/aromatic N) is 3. The van der Waals surface area contributed by atoms with Gasteiger partial charge < -0.3 is 19.9 Å². The molecule has 3 rings (SSSR count). The Labute approximate surface area is 195 Å². The van der Waals surface area contributed by atoms with Crippen LogP contribution in [-0.4, -0.2) is 68.2 Å². The molecule has 0 unspecified atom stereocenters. The summed E-state index contributed by atoms with van der Waals surface area (Å²) in [6, 6.07) is 8.84. The summed E-state index contributed by atoms with van der Waals surface area (Å²) in [7, 11) is 1.82. The summed E-state index contributed by atoms with van der Waals surface area (Å²) in [6.45, 7) is 6.99. The van der Waals surface area contributed by atoms with Gasteiger partial charge in [-0.2, -0.15) is 11.8 Å². The maximum atomic E-state index is 11.9. The van der Waals surface area contributed by atoms with Crippen LogP contribution >= 0.6 is 35.7 Å². The normalized spacial score (nSPS) is 18.2. The standard InChI is InChI=1S/C21H32N4O2S.HI/c1-3-27-20(26)18-8-10-25(11-9-18)21(22-2)23-16-17-4-6-19(7-5-17)24-12-14-28-15-13-24;/h4-7,18H,3,8-16H2,1-2H3,(H,22,23);1H. The molecule has 0 spiro atoms. The summed E-state index contributed by atoms with van der Waals surface area (Å²) in [5.41, 5.74) is 2.56. The SMILES string of the molecule is CCOC(=O)C1CCN(C(=NC)NCc2ccc(N3CCSCC3)cc2)CC1.I. The lowest BCUT2D eigenvalue weighted by Crippen LogP contribution is -2.46. The van der Waals surface area contributed by atoms with Gasteiger partial charge in [-0.3, -0.25) is 9.79 Å². The number of hydrogen-bond donors (Lipinski definition) is 1. The Kier molecular flexibility index (Phi) is 10.4. The fraction of sp³-hybridized carbons (Fsp3) is 0.619. The fourth-order valence-corrected chi connectivity index (χ4v) is 4.65. The van der Waals surface area contributed by atoms with Crippen molar-refractivity contribution in [3.63, 3.8) is 0 Å². The van der Waals surface area contributed by atoms with Gasteiger partial charge >= 0.3 is 5.97 Å². The van der Waals surface area contributed by atoms with Crippen LogP contribution in [0.3, 0.4) is 0 Å². The summed E-state index contributed by atoms with van der Waals surface area (Å²) >= 11 is 2.03. The van der Waals surface area contributed by atoms with Gasteiger partial charge in [-0.05, 0) is 37.5 Å². The van der Waals surface area contributed by atoms with Gasteiger partial charge in [0.05, 0.1) is 12.5 Å². The minimum Gasteiger partial charge on any atom is -0.466 e. The smallest absolute Gasteiger partial charge is 0.309 e. The van der Waals surface area contributed by atoms with E-state index in [1.165, 1.54) is 22.8 Å². The first-order chi connectivity index (χ1) is 13.7. The van der Waals surface area contributed by atoms with Gasteiger partial charge in [0.25, 0.3) is 0 Å². The predicted octanol–water partition coefficient (Wildman–Crippen LogP) is 3.21. The quantitative estimate of drug-likeness (QED) is 0.272. The molecule has 0 amide bonds. The summed E-state index contributed by atoms with van der Waals surface area (Å²) in [6.07, 6.45) is 1.64. The zero-order valence-corrected chi connectivity index (χ0v) is 20.6. The number of rotatable bonds is 5. The van der Waals surface area contributed by atoms with Crippen LogP contribution in [0.1, 0.15) is 25.3 Å². The number of ether oxygens (including phenoxy) is 1. The van der Waals surface area contributed by atoms with Crippen LogP contribution in [0.15, 0.2) is 29.3 Å². The summed E-state index contributed by atoms with van der Waals surface area (Å²) < 4.78 is 5.15. The molecule has 0 aliphatic carbocycles. The number of guanidine groups is 1. The van der Waals surface area contributed by atoms with Gasteiger partial charge in [0, 0.05) is 57.0 Å². The van der Waals surface area contributed by atoms with Crippen LogP contribution in [0.5, 0.6) is 0 Å². The molecule has 0 aromatic heterocycles. The lowest BCUT2D eigenvalue weighted by Gasteiger charge is -2.33. The number of aliphatic imine (C=N–C) groups is 1. The minimum absolute atomic E-state index is 0. The highest BCUT2D eigenvalue weighted by molar-refractivity contribution is 14.0. The Morgan fingerprint density at radius 3 is 2.41 bits per heavy atom. The number of thioether (sulfide) groups is 1. The number of carbonyl (C=O) groups is 1. The van der Waals surface area contributed by atoms with Crippen molar-refractivity contribution in [3.8, 4) is 0 Å². The van der Waals surface area contributed by atoms with E-state index in [1.807, 2.05) is 25.7 Å². The maximum Gasteiger partial charge on any atom is 0.309 e. The molecule has 0 saturated carbocycles. The van der Waals surface area contributed by atoms with E-state index >= 15 is 0 Å². The van der Waals surface area contributed by atoms with E-state index in [9.17, 15) is 4.79 Å². The van der Waals surface area contributed by atoms with Gasteiger partial charge in [-0.1, -0.05) is 12.1 Å². The zero-order chi connectivity index (χ0) is 19.8. The topological polar surface area (TPSA) is 57.2 Å². The number of halogens is 1. The van der Waals surface area contributed by atoms with Gasteiger partial charge in [0.15, 0.2) is 5.96 Å². The number of likely N-dealkylation sites (tertiary alicyclic amines) is 1. The maximum absolute atomic E-state index is 11.9. The summed E-state index contributed by atoms with van der Waals surface area (Å²) in [4.78, 5) is 21.0. The molecule has 1 N–H and O–H groups in total. The van der Waals surface area contributed by atoms with E-state index in [2.05, 4.69) is 44.4 Å². The molecule has 0 bridgehead atoms. The molecule has 2 heterocycles. The van der Waals surface area contributed by atoms with Crippen molar-refractivity contribution < 1.29 is 9.53 Å². The van der Waals surface area contributed by atoms with Crippen molar-refractivity contribution in [3.05, 3.63) is 29.8 Å². The van der Waals surface area contributed by atoms with Crippen LogP contribution in [0.25, 0.3) is 0 Å². The van der Waals surface area contributed by atoms with Crippen molar-refractivity contribution in [2.75, 3.05) is 56.2 Å². The van der Waals surface area contributed by atoms with E-state index < -0.39 is 0 Å². The Balaban J connectivity index is 0.00000300. The summed E-state index contributed by atoms with van der Waals surface area (Å²) in [5.74, 6) is 3.30. The van der Waals surface area contributed by atoms with E-state index in [1.54, 1.807) is 0 Å². The Morgan fingerprint density at radius 1 is 1.17 bits per heavy atom. The van der Waals surface area contributed by atoms with Crippen molar-refractivity contribution in [1.29, 1.82) is 0 Å². The van der Waals surface area contributed by atoms with E-state index in [0.29, 0.717) is 6.61 Å². The first kappa shape index (κ1) is 24.1. The second-order valence-corrected chi connectivity index (χ2v) is 8.40. The van der Waals surface area contributed by atoms with E-state index in [-0.39, 0.29) is 35.9 Å². The minimum atomic E-state index is -0.0579. The summed E-state index contributed by atoms with van der Waals surface area (Å²) in [5, 5.41) is 3.47. The Hall–Kier alpha value is -1.16. The molecule has 8 heteroatoms. The molecule has 0 atom stereocenters. The molecule has 1 aromatic rings. The van der Waals surface area contributed by atoms with Crippen LogP contribution in [0, 0.1) is 5.92 Å². The third kappa shape index (κ3) is 6.94. The number of anilines is 1. The number of piperidine rings is 1. The largest absolute Gasteiger partial charge is 0.466 e. The van der Waals surface area contributed by atoms with Crippen molar-refractivity contribution in [2.24, 2.45) is 10.9 Å². The average molecular weight is 532 g/mol. The third-order valence-corrected chi connectivity index (χ3v) is 6.33. The van der Waals surface area contributed by atoms with Crippen LogP contribution in [-0.2, 0) is 16.1 Å². The van der Waals surface area contributed by atoms with Gasteiger partial charge in [0.2, 0.25) is 0 Å². The first-order valence-corrected chi connectivity index (χ1v) is 11.4. The molecule has 2 aliphatic rings. The molecule has 0 radical (unpaired) electrons. The molecule has 29 heavy (non-hydrogen) atoms. The molecule has 2 aliphatic heterocycles. The van der Waals surface area contributed by atoms with Crippen LogP contribution in [0.4, 0.5) is 5.69 Å².